The Bertz CT molecular complexity index is 2810. The standard InChI is InChI=1S/C27H24FNO3.C25H20FNO3/c1-3-31-27(30)21-7-6-8-23(17-21)29-19(2)11-16-25(29)24-9-4-5-10-26(24)32-18-20-12-14-22(28)15-13-20;1-17-9-14-23(27(17)21-6-4-5-19(15-21)25(28)29)22-7-2-3-8-24(22)30-16-18-10-12-20(26)13-11-18/h4-17H,3,18H2,1-2H3;2-15H,16H2,1H3,(H,28,29). The first-order valence-corrected chi connectivity index (χ1v) is 20.0. The zero-order valence-electron chi connectivity index (χ0n) is 34.4. The Morgan fingerprint density at radius 3 is 1.42 bits per heavy atom. The second-order valence-corrected chi connectivity index (χ2v) is 14.3. The van der Waals surface area contributed by atoms with Crippen molar-refractivity contribution in [2.75, 3.05) is 6.61 Å². The predicted octanol–water partition coefficient (Wildman–Crippen LogP) is 12.2. The molecule has 62 heavy (non-hydrogen) atoms. The van der Waals surface area contributed by atoms with Gasteiger partial charge < -0.3 is 28.5 Å². The maximum atomic E-state index is 13.2. The molecule has 2 aromatic heterocycles. The lowest BCUT2D eigenvalue weighted by Crippen LogP contribution is -2.07. The van der Waals surface area contributed by atoms with Gasteiger partial charge in [-0.05, 0) is 141 Å². The Morgan fingerprint density at radius 1 is 0.532 bits per heavy atom. The van der Waals surface area contributed by atoms with Gasteiger partial charge in [0.15, 0.2) is 0 Å². The number of rotatable bonds is 13. The van der Waals surface area contributed by atoms with E-state index in [1.807, 2.05) is 115 Å². The van der Waals surface area contributed by atoms with Crippen LogP contribution in [0.2, 0.25) is 0 Å². The van der Waals surface area contributed by atoms with Gasteiger partial charge in [0.1, 0.15) is 36.3 Å². The van der Waals surface area contributed by atoms with Crippen molar-refractivity contribution in [1.82, 2.24) is 9.13 Å². The van der Waals surface area contributed by atoms with Crippen molar-refractivity contribution in [3.05, 3.63) is 215 Å². The lowest BCUT2D eigenvalue weighted by molar-refractivity contribution is 0.0525. The van der Waals surface area contributed by atoms with Crippen LogP contribution in [0.3, 0.4) is 0 Å². The van der Waals surface area contributed by atoms with Crippen LogP contribution >= 0.6 is 0 Å². The van der Waals surface area contributed by atoms with E-state index in [2.05, 4.69) is 4.57 Å². The molecule has 0 aliphatic rings. The molecule has 0 amide bonds. The van der Waals surface area contributed by atoms with Crippen molar-refractivity contribution in [1.29, 1.82) is 0 Å². The lowest BCUT2D eigenvalue weighted by Gasteiger charge is -2.16. The van der Waals surface area contributed by atoms with E-state index < -0.39 is 5.97 Å². The number of halogens is 2. The summed E-state index contributed by atoms with van der Waals surface area (Å²) in [6.07, 6.45) is 0. The van der Waals surface area contributed by atoms with Gasteiger partial charge in [0, 0.05) is 33.9 Å². The molecule has 8 rings (SSSR count). The van der Waals surface area contributed by atoms with Crippen molar-refractivity contribution in [2.24, 2.45) is 0 Å². The highest BCUT2D eigenvalue weighted by Gasteiger charge is 2.17. The Kier molecular flexibility index (Phi) is 13.4. The number of aryl methyl sites for hydroxylation is 2. The number of carbonyl (C=O) groups excluding carboxylic acids is 1. The fourth-order valence-electron chi connectivity index (χ4n) is 7.04. The molecular formula is C52H44F2N2O6. The van der Waals surface area contributed by atoms with E-state index in [-0.39, 0.29) is 23.2 Å². The number of hydrogen-bond acceptors (Lipinski definition) is 5. The van der Waals surface area contributed by atoms with Crippen LogP contribution in [0.1, 0.15) is 50.2 Å². The summed E-state index contributed by atoms with van der Waals surface area (Å²) in [4.78, 5) is 23.6. The van der Waals surface area contributed by atoms with Gasteiger partial charge in [-0.25, -0.2) is 18.4 Å². The fraction of sp³-hybridized carbons (Fsp3) is 0.115. The van der Waals surface area contributed by atoms with Gasteiger partial charge in [0.2, 0.25) is 0 Å². The Morgan fingerprint density at radius 2 is 0.968 bits per heavy atom. The number of aromatic nitrogens is 2. The molecule has 0 saturated carbocycles. The smallest absolute Gasteiger partial charge is 0.338 e. The molecule has 0 aliphatic heterocycles. The first-order chi connectivity index (χ1) is 30.1. The minimum Gasteiger partial charge on any atom is -0.488 e. The van der Waals surface area contributed by atoms with Crippen molar-refractivity contribution < 1.29 is 37.7 Å². The molecule has 10 heteroatoms. The summed E-state index contributed by atoms with van der Waals surface area (Å²) < 4.78 is 47.7. The van der Waals surface area contributed by atoms with Crippen LogP contribution in [-0.4, -0.2) is 32.8 Å². The zero-order chi connectivity index (χ0) is 43.6. The summed E-state index contributed by atoms with van der Waals surface area (Å²) in [5.74, 6) is -0.452. The summed E-state index contributed by atoms with van der Waals surface area (Å²) >= 11 is 0. The monoisotopic (exact) mass is 830 g/mol. The highest BCUT2D eigenvalue weighted by atomic mass is 19.1. The minimum absolute atomic E-state index is 0.229. The summed E-state index contributed by atoms with van der Waals surface area (Å²) in [5, 5.41) is 9.35. The molecule has 0 aliphatic carbocycles. The van der Waals surface area contributed by atoms with Crippen molar-refractivity contribution in [3.63, 3.8) is 0 Å². The molecule has 8 aromatic rings. The summed E-state index contributed by atoms with van der Waals surface area (Å²) in [5.41, 5.74) is 9.75. The highest BCUT2D eigenvalue weighted by molar-refractivity contribution is 5.90. The van der Waals surface area contributed by atoms with Gasteiger partial charge in [-0.1, -0.05) is 60.7 Å². The molecule has 6 aromatic carbocycles. The number of carboxylic acid groups (broad SMARTS) is 1. The van der Waals surface area contributed by atoms with Crippen LogP contribution in [0.4, 0.5) is 8.78 Å². The fourth-order valence-corrected chi connectivity index (χ4v) is 7.04. The first-order valence-electron chi connectivity index (χ1n) is 20.0. The maximum Gasteiger partial charge on any atom is 0.338 e. The third-order valence-electron chi connectivity index (χ3n) is 10.1. The second-order valence-electron chi connectivity index (χ2n) is 14.3. The average Bonchev–Trinajstić information content (AvgIpc) is 3.88. The first kappa shape index (κ1) is 42.4. The average molecular weight is 831 g/mol. The largest absolute Gasteiger partial charge is 0.488 e. The number of carbonyl (C=O) groups is 2. The van der Waals surface area contributed by atoms with Crippen LogP contribution in [0, 0.1) is 25.5 Å². The predicted molar refractivity (Wildman–Crippen MR) is 236 cm³/mol. The van der Waals surface area contributed by atoms with Crippen LogP contribution in [0.5, 0.6) is 11.5 Å². The van der Waals surface area contributed by atoms with Crippen LogP contribution in [0.15, 0.2) is 170 Å². The molecule has 2 heterocycles. The molecule has 0 atom stereocenters. The van der Waals surface area contributed by atoms with Gasteiger partial charge in [-0.3, -0.25) is 0 Å². The number of carboxylic acids is 1. The quantitative estimate of drug-likeness (QED) is 0.116. The Hall–Kier alpha value is -7.72. The van der Waals surface area contributed by atoms with Crippen molar-refractivity contribution in [3.8, 4) is 45.4 Å². The van der Waals surface area contributed by atoms with E-state index in [9.17, 15) is 23.5 Å². The topological polar surface area (TPSA) is 91.9 Å². The van der Waals surface area contributed by atoms with Crippen LogP contribution < -0.4 is 9.47 Å². The number of aromatic carboxylic acids is 1. The number of para-hydroxylation sites is 2. The number of esters is 1. The zero-order valence-corrected chi connectivity index (χ0v) is 34.4. The SMILES string of the molecule is CCOC(=O)c1cccc(-n2c(C)ccc2-c2ccccc2OCc2ccc(F)cc2)c1.Cc1ccc(-c2ccccc2OCc2ccc(F)cc2)n1-c1cccc(C(=O)O)c1. The van der Waals surface area contributed by atoms with E-state index in [0.717, 1.165) is 62.2 Å². The summed E-state index contributed by atoms with van der Waals surface area (Å²) in [7, 11) is 0. The van der Waals surface area contributed by atoms with E-state index in [1.54, 1.807) is 55.5 Å². The van der Waals surface area contributed by atoms with Gasteiger partial charge in [-0.15, -0.1) is 0 Å². The third-order valence-corrected chi connectivity index (χ3v) is 10.1. The molecule has 0 spiro atoms. The number of ether oxygens (including phenoxy) is 3. The van der Waals surface area contributed by atoms with Gasteiger partial charge in [0.05, 0.1) is 29.1 Å². The molecule has 0 unspecified atom stereocenters. The van der Waals surface area contributed by atoms with Crippen LogP contribution in [0.25, 0.3) is 33.9 Å². The molecule has 312 valence electrons. The molecule has 0 bridgehead atoms. The summed E-state index contributed by atoms with van der Waals surface area (Å²) in [6.45, 7) is 6.75. The molecule has 0 radical (unpaired) electrons. The van der Waals surface area contributed by atoms with Gasteiger partial charge in [0.25, 0.3) is 0 Å². The molecule has 0 fully saturated rings. The molecule has 8 nitrogen and oxygen atoms in total. The molecule has 1 N–H and O–H groups in total. The van der Waals surface area contributed by atoms with E-state index in [1.165, 1.54) is 24.3 Å². The van der Waals surface area contributed by atoms with Gasteiger partial charge >= 0.3 is 11.9 Å². The third kappa shape index (κ3) is 10.00. The van der Waals surface area contributed by atoms with Crippen molar-refractivity contribution >= 4 is 11.9 Å². The summed E-state index contributed by atoms with van der Waals surface area (Å²) in [6, 6.07) is 50.2. The highest BCUT2D eigenvalue weighted by Crippen LogP contribution is 2.36. The van der Waals surface area contributed by atoms with E-state index in [0.29, 0.717) is 31.1 Å². The Balaban J connectivity index is 0.000000187. The minimum atomic E-state index is -0.966. The second kappa shape index (κ2) is 19.6. The number of nitrogens with zero attached hydrogens (tertiary/aromatic N) is 2. The molecule has 0 saturated heterocycles. The lowest BCUT2D eigenvalue weighted by atomic mass is 10.1. The molecular weight excluding hydrogens is 787 g/mol. The van der Waals surface area contributed by atoms with Gasteiger partial charge in [-0.2, -0.15) is 0 Å². The van der Waals surface area contributed by atoms with E-state index >= 15 is 0 Å². The number of benzene rings is 6. The normalized spacial score (nSPS) is 10.7. The van der Waals surface area contributed by atoms with E-state index in [4.69, 9.17) is 14.2 Å². The Labute approximate surface area is 358 Å². The maximum absolute atomic E-state index is 13.2. The van der Waals surface area contributed by atoms with Crippen molar-refractivity contribution in [2.45, 2.75) is 34.0 Å². The number of hydrogen-bond donors (Lipinski definition) is 1. The van der Waals surface area contributed by atoms with Crippen LogP contribution in [-0.2, 0) is 18.0 Å².